The normalized spacial score (nSPS) is 43.6. The molecule has 156 valence electrons. The monoisotopic (exact) mass is 388 g/mol. The maximum atomic E-state index is 10.3. The Morgan fingerprint density at radius 1 is 1.15 bits per heavy atom. The summed E-state index contributed by atoms with van der Waals surface area (Å²) in [4.78, 5) is 0. The quantitative estimate of drug-likeness (QED) is 0.332. The Morgan fingerprint density at radius 3 is 2.37 bits per heavy atom. The third kappa shape index (κ3) is 4.60. The minimum Gasteiger partial charge on any atom is -0.394 e. The molecule has 0 spiro atoms. The van der Waals surface area contributed by atoms with Crippen LogP contribution in [0.4, 0.5) is 0 Å². The van der Waals surface area contributed by atoms with Gasteiger partial charge in [0.25, 0.3) is 0 Å². The second-order valence-corrected chi connectivity index (χ2v) is 8.07. The first kappa shape index (κ1) is 22.4. The summed E-state index contributed by atoms with van der Waals surface area (Å²) in [5.74, 6) is -0.128. The van der Waals surface area contributed by atoms with E-state index in [4.69, 9.17) is 9.47 Å². The molecule has 2 aliphatic rings. The fourth-order valence-corrected chi connectivity index (χ4v) is 3.78. The molecular weight excluding hydrogens is 356 g/mol. The van der Waals surface area contributed by atoms with E-state index >= 15 is 0 Å². The fourth-order valence-electron chi connectivity index (χ4n) is 3.78. The van der Waals surface area contributed by atoms with E-state index in [1.807, 2.05) is 26.8 Å². The van der Waals surface area contributed by atoms with Crippen molar-refractivity contribution in [3.05, 3.63) is 23.8 Å². The molecule has 0 radical (unpaired) electrons. The lowest BCUT2D eigenvalue weighted by Gasteiger charge is -2.43. The molecular formula is C19H32O8. The second kappa shape index (κ2) is 8.67. The van der Waals surface area contributed by atoms with Gasteiger partial charge in [0.1, 0.15) is 24.4 Å². The van der Waals surface area contributed by atoms with Crippen LogP contribution in [0.15, 0.2) is 23.8 Å². The molecule has 0 amide bonds. The van der Waals surface area contributed by atoms with Crippen LogP contribution in [0.1, 0.15) is 27.7 Å². The molecule has 1 saturated heterocycles. The van der Waals surface area contributed by atoms with Crippen molar-refractivity contribution >= 4 is 0 Å². The number of hydrogen-bond donors (Lipinski definition) is 6. The first-order valence-corrected chi connectivity index (χ1v) is 9.19. The fraction of sp³-hybridized carbons (Fsp3) is 0.789. The van der Waals surface area contributed by atoms with Gasteiger partial charge in [-0.1, -0.05) is 37.6 Å². The Kier molecular flexibility index (Phi) is 7.21. The molecule has 2 rings (SSSR count). The van der Waals surface area contributed by atoms with E-state index < -0.39 is 61.0 Å². The smallest absolute Gasteiger partial charge is 0.187 e. The van der Waals surface area contributed by atoms with Gasteiger partial charge in [-0.25, -0.2) is 0 Å². The standard InChI is InChI=1S/C19H32O8/c1-9-7-12(21)17(25)19(3,4)11(9)6-5-10(2)26-18-16(24)15(23)14(22)13(8-20)27-18/h5-7,10-18,20-25H,8H2,1-4H3/b6-5+. The Morgan fingerprint density at radius 2 is 1.78 bits per heavy atom. The van der Waals surface area contributed by atoms with Crippen LogP contribution in [0.25, 0.3) is 0 Å². The molecule has 0 aromatic heterocycles. The van der Waals surface area contributed by atoms with E-state index in [0.717, 1.165) is 5.57 Å². The minimum atomic E-state index is -1.49. The van der Waals surface area contributed by atoms with Crippen LogP contribution in [0.2, 0.25) is 0 Å². The highest BCUT2D eigenvalue weighted by atomic mass is 16.7. The van der Waals surface area contributed by atoms with E-state index in [2.05, 4.69) is 0 Å². The maximum absolute atomic E-state index is 10.3. The van der Waals surface area contributed by atoms with Crippen molar-refractivity contribution < 1.29 is 40.1 Å². The van der Waals surface area contributed by atoms with E-state index in [1.54, 1.807) is 19.1 Å². The molecule has 1 fully saturated rings. The molecule has 8 heteroatoms. The zero-order valence-electron chi connectivity index (χ0n) is 16.1. The van der Waals surface area contributed by atoms with Gasteiger partial charge in [-0.15, -0.1) is 0 Å². The van der Waals surface area contributed by atoms with Gasteiger partial charge in [-0.3, -0.25) is 0 Å². The number of ether oxygens (including phenoxy) is 2. The van der Waals surface area contributed by atoms with Gasteiger partial charge >= 0.3 is 0 Å². The van der Waals surface area contributed by atoms with E-state index in [0.29, 0.717) is 0 Å². The van der Waals surface area contributed by atoms with Crippen molar-refractivity contribution in [2.24, 2.45) is 11.3 Å². The number of rotatable bonds is 5. The number of aliphatic hydroxyl groups is 6. The summed E-state index contributed by atoms with van der Waals surface area (Å²) in [6.07, 6.45) is -3.69. The van der Waals surface area contributed by atoms with Crippen LogP contribution in [-0.4, -0.2) is 86.3 Å². The lowest BCUT2D eigenvalue weighted by molar-refractivity contribution is -0.306. The summed E-state index contributed by atoms with van der Waals surface area (Å²) in [5.41, 5.74) is 0.339. The maximum Gasteiger partial charge on any atom is 0.187 e. The zero-order chi connectivity index (χ0) is 20.5. The van der Waals surface area contributed by atoms with Gasteiger partial charge in [0.15, 0.2) is 6.29 Å². The van der Waals surface area contributed by atoms with Crippen molar-refractivity contribution in [2.45, 2.75) is 76.7 Å². The molecule has 9 unspecified atom stereocenters. The van der Waals surface area contributed by atoms with E-state index in [-0.39, 0.29) is 5.92 Å². The lowest BCUT2D eigenvalue weighted by Crippen LogP contribution is -2.59. The Bertz CT molecular complexity index is 558. The predicted octanol–water partition coefficient (Wildman–Crippen LogP) is -0.928. The highest BCUT2D eigenvalue weighted by Crippen LogP contribution is 2.42. The summed E-state index contributed by atoms with van der Waals surface area (Å²) in [7, 11) is 0. The summed E-state index contributed by atoms with van der Waals surface area (Å²) in [6.45, 7) is 6.83. The van der Waals surface area contributed by atoms with Crippen molar-refractivity contribution in [3.8, 4) is 0 Å². The molecule has 1 heterocycles. The van der Waals surface area contributed by atoms with Crippen molar-refractivity contribution in [1.82, 2.24) is 0 Å². The Balaban J connectivity index is 2.06. The highest BCUT2D eigenvalue weighted by molar-refractivity contribution is 5.24. The molecule has 1 aliphatic carbocycles. The van der Waals surface area contributed by atoms with Crippen LogP contribution in [-0.2, 0) is 9.47 Å². The largest absolute Gasteiger partial charge is 0.394 e. The lowest BCUT2D eigenvalue weighted by atomic mass is 9.66. The molecule has 27 heavy (non-hydrogen) atoms. The molecule has 0 saturated carbocycles. The van der Waals surface area contributed by atoms with E-state index in [1.165, 1.54) is 0 Å². The molecule has 6 N–H and O–H groups in total. The van der Waals surface area contributed by atoms with Gasteiger partial charge in [-0.2, -0.15) is 0 Å². The zero-order valence-corrected chi connectivity index (χ0v) is 16.1. The Labute approximate surface area is 159 Å². The van der Waals surface area contributed by atoms with Crippen LogP contribution in [0.5, 0.6) is 0 Å². The Hall–Kier alpha value is -0.840. The van der Waals surface area contributed by atoms with Crippen LogP contribution in [0, 0.1) is 11.3 Å². The minimum absolute atomic E-state index is 0.128. The van der Waals surface area contributed by atoms with Crippen LogP contribution < -0.4 is 0 Å². The van der Waals surface area contributed by atoms with Gasteiger partial charge in [0.2, 0.25) is 0 Å². The molecule has 0 aromatic rings. The molecule has 9 atom stereocenters. The number of aliphatic hydroxyl groups excluding tert-OH is 6. The molecule has 8 nitrogen and oxygen atoms in total. The summed E-state index contributed by atoms with van der Waals surface area (Å²) < 4.78 is 11.0. The number of allylic oxidation sites excluding steroid dienone is 2. The first-order chi connectivity index (χ1) is 12.5. The summed E-state index contributed by atoms with van der Waals surface area (Å²) >= 11 is 0. The first-order valence-electron chi connectivity index (χ1n) is 9.19. The van der Waals surface area contributed by atoms with Crippen molar-refractivity contribution in [2.75, 3.05) is 6.61 Å². The van der Waals surface area contributed by atoms with Gasteiger partial charge in [0, 0.05) is 11.3 Å². The van der Waals surface area contributed by atoms with E-state index in [9.17, 15) is 30.6 Å². The van der Waals surface area contributed by atoms with Crippen molar-refractivity contribution in [3.63, 3.8) is 0 Å². The molecule has 0 aromatic carbocycles. The van der Waals surface area contributed by atoms with Gasteiger partial charge in [-0.05, 0) is 13.8 Å². The summed E-state index contributed by atoms with van der Waals surface area (Å²) in [6, 6.07) is 0. The second-order valence-electron chi connectivity index (χ2n) is 8.07. The predicted molar refractivity (Wildman–Crippen MR) is 96.5 cm³/mol. The summed E-state index contributed by atoms with van der Waals surface area (Å²) in [5, 5.41) is 59.1. The van der Waals surface area contributed by atoms with Gasteiger partial charge < -0.3 is 40.1 Å². The van der Waals surface area contributed by atoms with Gasteiger partial charge in [0.05, 0.1) is 24.9 Å². The number of hydrogen-bond acceptors (Lipinski definition) is 8. The highest BCUT2D eigenvalue weighted by Gasteiger charge is 2.45. The topological polar surface area (TPSA) is 140 Å². The van der Waals surface area contributed by atoms with Crippen molar-refractivity contribution in [1.29, 1.82) is 0 Å². The SMILES string of the molecule is CC1=CC(O)C(O)C(C)(C)C1/C=C/C(C)OC1OC(CO)C(O)C(O)C1O. The third-order valence-electron chi connectivity index (χ3n) is 5.58. The third-order valence-corrected chi connectivity index (χ3v) is 5.58. The van der Waals surface area contributed by atoms with Crippen LogP contribution >= 0.6 is 0 Å². The average Bonchev–Trinajstić information content (AvgIpc) is 2.60. The molecule has 0 bridgehead atoms. The van der Waals surface area contributed by atoms with Crippen LogP contribution in [0.3, 0.4) is 0 Å². The average molecular weight is 388 g/mol. The molecule has 1 aliphatic heterocycles.